The van der Waals surface area contributed by atoms with Crippen LogP contribution in [0.2, 0.25) is 0 Å². The van der Waals surface area contributed by atoms with Gasteiger partial charge in [0.05, 0.1) is 23.5 Å². The molecule has 0 saturated carbocycles. The van der Waals surface area contributed by atoms with Crippen LogP contribution in [0, 0.1) is 0 Å². The van der Waals surface area contributed by atoms with E-state index < -0.39 is 5.66 Å². The van der Waals surface area contributed by atoms with Gasteiger partial charge in [0.1, 0.15) is 5.66 Å². The number of carbonyl (C=O) groups is 2. The average Bonchev–Trinajstić information content (AvgIpc) is 3.21. The zero-order valence-electron chi connectivity index (χ0n) is 15.7. The summed E-state index contributed by atoms with van der Waals surface area (Å²) in [6, 6.07) is 11.1. The monoisotopic (exact) mass is 364 g/mol. The predicted molar refractivity (Wildman–Crippen MR) is 100 cm³/mol. The first-order chi connectivity index (χ1) is 13.0. The van der Waals surface area contributed by atoms with E-state index in [4.69, 9.17) is 0 Å². The smallest absolute Gasteiger partial charge is 0.225 e. The summed E-state index contributed by atoms with van der Waals surface area (Å²) in [5.41, 5.74) is 1.09. The standard InChI is InChI=1S/C21H24N4O2/c1-15(17-7-3-5-13-22-17)24-19(26)9-11-21(24)12-10-20(27)25(21)16(2)18-8-4-6-14-23-18/h3-8,13-16H,9-12H2,1-2H3. The van der Waals surface area contributed by atoms with E-state index in [2.05, 4.69) is 9.97 Å². The zero-order chi connectivity index (χ0) is 19.0. The number of carbonyl (C=O) groups excluding carboxylic acids is 2. The Labute approximate surface area is 159 Å². The van der Waals surface area contributed by atoms with Crippen molar-refractivity contribution in [3.8, 4) is 0 Å². The van der Waals surface area contributed by atoms with Crippen molar-refractivity contribution in [3.63, 3.8) is 0 Å². The van der Waals surface area contributed by atoms with Gasteiger partial charge in [-0.25, -0.2) is 0 Å². The lowest BCUT2D eigenvalue weighted by Crippen LogP contribution is -2.57. The molecule has 0 bridgehead atoms. The molecule has 0 N–H and O–H groups in total. The molecule has 2 amide bonds. The minimum Gasteiger partial charge on any atom is -0.311 e. The van der Waals surface area contributed by atoms with Gasteiger partial charge < -0.3 is 9.80 Å². The summed E-state index contributed by atoms with van der Waals surface area (Å²) in [5, 5.41) is 0. The number of hydrogen-bond donors (Lipinski definition) is 0. The number of amides is 2. The fourth-order valence-corrected chi connectivity index (χ4v) is 4.71. The fraction of sp³-hybridized carbons (Fsp3) is 0.429. The van der Waals surface area contributed by atoms with E-state index >= 15 is 0 Å². The van der Waals surface area contributed by atoms with Gasteiger partial charge in [-0.05, 0) is 51.0 Å². The van der Waals surface area contributed by atoms with Gasteiger partial charge in [-0.15, -0.1) is 0 Å². The van der Waals surface area contributed by atoms with Crippen molar-refractivity contribution in [1.82, 2.24) is 19.8 Å². The molecule has 140 valence electrons. The molecule has 2 fully saturated rings. The number of aromatic nitrogens is 2. The fourth-order valence-electron chi connectivity index (χ4n) is 4.71. The SMILES string of the molecule is CC(c1ccccn1)N1C(=O)CCC12CCC(=O)N2C(C)c1ccccn1. The second kappa shape index (κ2) is 6.76. The number of pyridine rings is 2. The number of likely N-dealkylation sites (tertiary alicyclic amines) is 2. The predicted octanol–water partition coefficient (Wildman–Crippen LogP) is 3.24. The van der Waals surface area contributed by atoms with E-state index in [1.807, 2.05) is 60.0 Å². The molecular weight excluding hydrogens is 340 g/mol. The molecule has 2 atom stereocenters. The quantitative estimate of drug-likeness (QED) is 0.835. The highest BCUT2D eigenvalue weighted by Crippen LogP contribution is 2.49. The Morgan fingerprint density at radius 2 is 1.26 bits per heavy atom. The van der Waals surface area contributed by atoms with Crippen LogP contribution in [0.3, 0.4) is 0 Å². The molecule has 2 saturated heterocycles. The van der Waals surface area contributed by atoms with Gasteiger partial charge in [0.25, 0.3) is 0 Å². The minimum atomic E-state index is -0.595. The normalized spacial score (nSPS) is 24.7. The Balaban J connectivity index is 1.74. The molecule has 2 aliphatic heterocycles. The number of hydrogen-bond acceptors (Lipinski definition) is 4. The van der Waals surface area contributed by atoms with Gasteiger partial charge in [-0.3, -0.25) is 19.6 Å². The second-order valence-corrected chi connectivity index (χ2v) is 7.37. The highest BCUT2D eigenvalue weighted by atomic mass is 16.2. The first kappa shape index (κ1) is 17.6. The van der Waals surface area contributed by atoms with Crippen LogP contribution in [0.15, 0.2) is 48.8 Å². The van der Waals surface area contributed by atoms with Gasteiger partial charge >= 0.3 is 0 Å². The first-order valence-corrected chi connectivity index (χ1v) is 9.51. The Kier molecular flexibility index (Phi) is 4.42. The van der Waals surface area contributed by atoms with E-state index in [-0.39, 0.29) is 23.9 Å². The van der Waals surface area contributed by atoms with E-state index in [1.165, 1.54) is 0 Å². The Morgan fingerprint density at radius 3 is 1.63 bits per heavy atom. The summed E-state index contributed by atoms with van der Waals surface area (Å²) in [5.74, 6) is 0.169. The van der Waals surface area contributed by atoms with Crippen molar-refractivity contribution >= 4 is 11.8 Å². The van der Waals surface area contributed by atoms with E-state index in [0.717, 1.165) is 11.4 Å². The molecule has 2 aromatic heterocycles. The maximum Gasteiger partial charge on any atom is 0.225 e. The van der Waals surface area contributed by atoms with Crippen LogP contribution < -0.4 is 0 Å². The lowest BCUT2D eigenvalue weighted by molar-refractivity contribution is -0.150. The molecule has 0 aliphatic carbocycles. The molecule has 0 aromatic carbocycles. The highest BCUT2D eigenvalue weighted by Gasteiger charge is 2.57. The molecule has 27 heavy (non-hydrogen) atoms. The Morgan fingerprint density at radius 1 is 0.815 bits per heavy atom. The molecule has 2 aromatic rings. The second-order valence-electron chi connectivity index (χ2n) is 7.37. The average molecular weight is 364 g/mol. The molecule has 6 heteroatoms. The van der Waals surface area contributed by atoms with Gasteiger partial charge in [0, 0.05) is 25.2 Å². The van der Waals surface area contributed by atoms with E-state index in [0.29, 0.717) is 25.7 Å². The maximum atomic E-state index is 12.9. The van der Waals surface area contributed by atoms with Crippen LogP contribution in [0.5, 0.6) is 0 Å². The summed E-state index contributed by atoms with van der Waals surface area (Å²) in [6.45, 7) is 4.00. The topological polar surface area (TPSA) is 66.4 Å². The maximum absolute atomic E-state index is 12.9. The lowest BCUT2D eigenvalue weighted by atomic mass is 9.99. The molecule has 2 aliphatic rings. The Bertz CT molecular complexity index is 768. The largest absolute Gasteiger partial charge is 0.311 e. The van der Waals surface area contributed by atoms with E-state index in [9.17, 15) is 9.59 Å². The van der Waals surface area contributed by atoms with Gasteiger partial charge in [-0.2, -0.15) is 0 Å². The first-order valence-electron chi connectivity index (χ1n) is 9.51. The van der Waals surface area contributed by atoms with Gasteiger partial charge in [0.15, 0.2) is 0 Å². The van der Waals surface area contributed by atoms with Crippen molar-refractivity contribution in [1.29, 1.82) is 0 Å². The van der Waals surface area contributed by atoms with Crippen LogP contribution in [-0.2, 0) is 9.59 Å². The summed E-state index contributed by atoms with van der Waals surface area (Å²) >= 11 is 0. The molecule has 2 unspecified atom stereocenters. The number of nitrogens with zero attached hydrogens (tertiary/aromatic N) is 4. The third-order valence-corrected chi connectivity index (χ3v) is 5.92. The van der Waals surface area contributed by atoms with Gasteiger partial charge in [-0.1, -0.05) is 12.1 Å². The third-order valence-electron chi connectivity index (χ3n) is 5.92. The lowest BCUT2D eigenvalue weighted by Gasteiger charge is -2.47. The Hall–Kier alpha value is -2.76. The van der Waals surface area contributed by atoms with Crippen molar-refractivity contribution in [2.24, 2.45) is 0 Å². The molecular formula is C21H24N4O2. The number of rotatable bonds is 4. The molecule has 0 radical (unpaired) electrons. The molecule has 6 nitrogen and oxygen atoms in total. The third kappa shape index (κ3) is 2.80. The highest BCUT2D eigenvalue weighted by molar-refractivity contribution is 5.85. The summed E-state index contributed by atoms with van der Waals surface area (Å²) in [7, 11) is 0. The van der Waals surface area contributed by atoms with Crippen molar-refractivity contribution < 1.29 is 9.59 Å². The minimum absolute atomic E-state index is 0.0843. The van der Waals surface area contributed by atoms with Gasteiger partial charge in [0.2, 0.25) is 11.8 Å². The van der Waals surface area contributed by atoms with Crippen LogP contribution in [0.4, 0.5) is 0 Å². The van der Waals surface area contributed by atoms with Crippen molar-refractivity contribution in [3.05, 3.63) is 60.2 Å². The van der Waals surface area contributed by atoms with Crippen molar-refractivity contribution in [2.45, 2.75) is 57.3 Å². The molecule has 4 rings (SSSR count). The van der Waals surface area contributed by atoms with Crippen LogP contribution in [-0.4, -0.2) is 37.2 Å². The zero-order valence-corrected chi connectivity index (χ0v) is 15.7. The summed E-state index contributed by atoms with van der Waals surface area (Å²) < 4.78 is 0. The van der Waals surface area contributed by atoms with Crippen LogP contribution in [0.25, 0.3) is 0 Å². The summed E-state index contributed by atoms with van der Waals surface area (Å²) in [6.07, 6.45) is 5.71. The van der Waals surface area contributed by atoms with Crippen LogP contribution >= 0.6 is 0 Å². The summed E-state index contributed by atoms with van der Waals surface area (Å²) in [4.78, 5) is 38.5. The van der Waals surface area contributed by atoms with Crippen molar-refractivity contribution in [2.75, 3.05) is 0 Å². The van der Waals surface area contributed by atoms with Crippen LogP contribution in [0.1, 0.15) is 63.0 Å². The molecule has 1 spiro atoms. The molecule has 4 heterocycles. The van der Waals surface area contributed by atoms with E-state index in [1.54, 1.807) is 12.4 Å².